The van der Waals surface area contributed by atoms with E-state index in [-0.39, 0.29) is 17.5 Å². The molecule has 3 aromatic rings. The van der Waals surface area contributed by atoms with Gasteiger partial charge in [0.15, 0.2) is 0 Å². The van der Waals surface area contributed by atoms with Crippen LogP contribution < -0.4 is 4.74 Å². The number of para-hydroxylation sites is 3. The van der Waals surface area contributed by atoms with Gasteiger partial charge in [-0.3, -0.25) is 0 Å². The van der Waals surface area contributed by atoms with Gasteiger partial charge in [0.25, 0.3) is 0 Å². The van der Waals surface area contributed by atoms with Crippen LogP contribution in [0.3, 0.4) is 0 Å². The van der Waals surface area contributed by atoms with Gasteiger partial charge < -0.3 is 9.30 Å². The molecule has 5 nitrogen and oxygen atoms in total. The molecule has 3 rings (SSSR count). The van der Waals surface area contributed by atoms with Gasteiger partial charge in [-0.15, -0.1) is 0 Å². The highest BCUT2D eigenvalue weighted by Crippen LogP contribution is 2.21. The predicted octanol–water partition coefficient (Wildman–Crippen LogP) is 3.61. The first-order valence-electron chi connectivity index (χ1n) is 8.39. The summed E-state index contributed by atoms with van der Waals surface area (Å²) in [6, 6.07) is 15.1. The Morgan fingerprint density at radius 1 is 1.08 bits per heavy atom. The second-order valence-corrected chi connectivity index (χ2v) is 7.97. The van der Waals surface area contributed by atoms with E-state index in [1.807, 2.05) is 62.4 Å². The van der Waals surface area contributed by atoms with Crippen molar-refractivity contribution in [2.24, 2.45) is 0 Å². The highest BCUT2D eigenvalue weighted by Gasteiger charge is 2.23. The van der Waals surface area contributed by atoms with Crippen molar-refractivity contribution in [3.63, 3.8) is 0 Å². The smallest absolute Gasteiger partial charge is 0.228 e. The van der Waals surface area contributed by atoms with E-state index in [0.717, 1.165) is 17.5 Å². The molecule has 0 radical (unpaired) electrons. The molecule has 0 saturated carbocycles. The van der Waals surface area contributed by atoms with Crippen molar-refractivity contribution in [1.82, 2.24) is 9.55 Å². The minimum Gasteiger partial charge on any atom is -0.492 e. The van der Waals surface area contributed by atoms with E-state index in [0.29, 0.717) is 17.8 Å². The molecule has 1 aromatic heterocycles. The van der Waals surface area contributed by atoms with Gasteiger partial charge in [-0.25, -0.2) is 13.4 Å². The van der Waals surface area contributed by atoms with Crippen molar-refractivity contribution in [3.8, 4) is 5.75 Å². The van der Waals surface area contributed by atoms with Crippen molar-refractivity contribution in [1.29, 1.82) is 0 Å². The van der Waals surface area contributed by atoms with Crippen LogP contribution in [-0.4, -0.2) is 30.3 Å². The average molecular weight is 358 g/mol. The first kappa shape index (κ1) is 17.5. The molecule has 0 unspecified atom stereocenters. The summed E-state index contributed by atoms with van der Waals surface area (Å²) in [6.07, 6.45) is 0.836. The molecule has 1 heterocycles. The van der Waals surface area contributed by atoms with Gasteiger partial charge in [0.1, 0.15) is 12.4 Å². The Kier molecular flexibility index (Phi) is 5.08. The highest BCUT2D eigenvalue weighted by atomic mass is 32.2. The second kappa shape index (κ2) is 7.27. The summed E-state index contributed by atoms with van der Waals surface area (Å²) in [7, 11) is -3.53. The van der Waals surface area contributed by atoms with Crippen molar-refractivity contribution >= 4 is 20.9 Å². The number of rotatable bonds is 7. The zero-order valence-corrected chi connectivity index (χ0v) is 15.3. The van der Waals surface area contributed by atoms with Gasteiger partial charge in [0.2, 0.25) is 15.0 Å². The maximum Gasteiger partial charge on any atom is 0.228 e. The lowest BCUT2D eigenvalue weighted by Gasteiger charge is -2.10. The average Bonchev–Trinajstić information content (AvgIpc) is 2.97. The Morgan fingerprint density at radius 3 is 2.56 bits per heavy atom. The maximum atomic E-state index is 12.8. The fraction of sp³-hybridized carbons (Fsp3) is 0.316. The van der Waals surface area contributed by atoms with Gasteiger partial charge in [0, 0.05) is 6.54 Å². The van der Waals surface area contributed by atoms with E-state index >= 15 is 0 Å². The lowest BCUT2D eigenvalue weighted by molar-refractivity contribution is 0.338. The van der Waals surface area contributed by atoms with Gasteiger partial charge in [-0.2, -0.15) is 0 Å². The number of sulfone groups is 1. The molecule has 0 saturated heterocycles. The van der Waals surface area contributed by atoms with Crippen molar-refractivity contribution in [3.05, 3.63) is 54.1 Å². The van der Waals surface area contributed by atoms with Crippen LogP contribution in [0.2, 0.25) is 0 Å². The van der Waals surface area contributed by atoms with Crippen LogP contribution in [0.5, 0.6) is 5.75 Å². The van der Waals surface area contributed by atoms with Crippen LogP contribution in [-0.2, 0) is 16.4 Å². The number of benzene rings is 2. The number of ether oxygens (including phenoxy) is 1. The Bertz CT molecular complexity index is 977. The lowest BCUT2D eigenvalue weighted by Crippen LogP contribution is -2.19. The van der Waals surface area contributed by atoms with Gasteiger partial charge in [0.05, 0.1) is 16.8 Å². The van der Waals surface area contributed by atoms with Gasteiger partial charge in [-0.05, 0) is 37.1 Å². The molecule has 2 aromatic carbocycles. The molecule has 0 aliphatic rings. The Hall–Kier alpha value is -2.34. The first-order valence-corrected chi connectivity index (χ1v) is 10.0. The molecule has 0 aliphatic heterocycles. The normalized spacial score (nSPS) is 11.8. The minimum absolute atomic E-state index is 0.0997. The summed E-state index contributed by atoms with van der Waals surface area (Å²) in [4.78, 5) is 4.37. The standard InChI is InChI=1S/C19H22N2O3S/c1-3-12-21-17-10-6-5-9-16(17)20-19(21)25(22,23)14-13-24-18-11-7-4-8-15(18)2/h4-11H,3,12-14H2,1-2H3. The predicted molar refractivity (Wildman–Crippen MR) is 98.8 cm³/mol. The van der Waals surface area contributed by atoms with Crippen molar-refractivity contribution < 1.29 is 13.2 Å². The molecular weight excluding hydrogens is 336 g/mol. The summed E-state index contributed by atoms with van der Waals surface area (Å²) in [5.74, 6) is 0.605. The number of nitrogens with zero attached hydrogens (tertiary/aromatic N) is 2. The van der Waals surface area contributed by atoms with Gasteiger partial charge >= 0.3 is 0 Å². The number of aromatic nitrogens is 2. The first-order chi connectivity index (χ1) is 12.0. The van der Waals surface area contributed by atoms with Gasteiger partial charge in [-0.1, -0.05) is 37.3 Å². The molecule has 0 spiro atoms. The van der Waals surface area contributed by atoms with Crippen molar-refractivity contribution in [2.45, 2.75) is 32.0 Å². The highest BCUT2D eigenvalue weighted by molar-refractivity contribution is 7.91. The third-order valence-electron chi connectivity index (χ3n) is 4.05. The summed E-state index contributed by atoms with van der Waals surface area (Å²) >= 11 is 0. The largest absolute Gasteiger partial charge is 0.492 e. The fourth-order valence-electron chi connectivity index (χ4n) is 2.80. The minimum atomic E-state index is -3.53. The Labute approximate surface area is 148 Å². The zero-order chi connectivity index (χ0) is 17.9. The molecule has 132 valence electrons. The van der Waals surface area contributed by atoms with Crippen LogP contribution in [0.4, 0.5) is 0 Å². The number of fused-ring (bicyclic) bond motifs is 1. The molecule has 0 amide bonds. The van der Waals surface area contributed by atoms with E-state index in [9.17, 15) is 8.42 Å². The number of aryl methyl sites for hydroxylation is 2. The van der Waals surface area contributed by atoms with Crippen LogP contribution in [0.15, 0.2) is 53.7 Å². The second-order valence-electron chi connectivity index (χ2n) is 5.97. The van der Waals surface area contributed by atoms with Crippen LogP contribution in [0.25, 0.3) is 11.0 Å². The SMILES string of the molecule is CCCn1c(S(=O)(=O)CCOc2ccccc2C)nc2ccccc21. The van der Waals surface area contributed by atoms with E-state index in [1.165, 1.54) is 0 Å². The molecule has 0 atom stereocenters. The Morgan fingerprint density at radius 2 is 1.80 bits per heavy atom. The van der Waals surface area contributed by atoms with E-state index in [2.05, 4.69) is 4.98 Å². The number of imidazole rings is 1. The van der Waals surface area contributed by atoms with Crippen LogP contribution in [0.1, 0.15) is 18.9 Å². The van der Waals surface area contributed by atoms with Crippen LogP contribution in [0, 0.1) is 6.92 Å². The van der Waals surface area contributed by atoms with Crippen LogP contribution >= 0.6 is 0 Å². The molecule has 0 aliphatic carbocycles. The quantitative estimate of drug-likeness (QED) is 0.647. The summed E-state index contributed by atoms with van der Waals surface area (Å²) in [5, 5.41) is 0.129. The van der Waals surface area contributed by atoms with E-state index < -0.39 is 9.84 Å². The van der Waals surface area contributed by atoms with E-state index in [4.69, 9.17) is 4.74 Å². The molecule has 25 heavy (non-hydrogen) atoms. The van der Waals surface area contributed by atoms with E-state index in [1.54, 1.807) is 4.57 Å². The monoisotopic (exact) mass is 358 g/mol. The summed E-state index contributed by atoms with van der Waals surface area (Å²) in [6.45, 7) is 4.67. The molecular formula is C19H22N2O3S. The number of hydrogen-bond acceptors (Lipinski definition) is 4. The summed E-state index contributed by atoms with van der Waals surface area (Å²) in [5.41, 5.74) is 2.54. The maximum absolute atomic E-state index is 12.8. The zero-order valence-electron chi connectivity index (χ0n) is 14.5. The topological polar surface area (TPSA) is 61.2 Å². The summed E-state index contributed by atoms with van der Waals surface area (Å²) < 4.78 is 33.1. The van der Waals surface area contributed by atoms with Crippen molar-refractivity contribution in [2.75, 3.05) is 12.4 Å². The molecule has 0 fully saturated rings. The number of hydrogen-bond donors (Lipinski definition) is 0. The fourth-order valence-corrected chi connectivity index (χ4v) is 4.05. The Balaban J connectivity index is 1.83. The molecule has 6 heteroatoms. The molecule has 0 N–H and O–H groups in total. The molecule has 0 bridgehead atoms. The lowest BCUT2D eigenvalue weighted by atomic mass is 10.2. The third kappa shape index (κ3) is 3.69. The third-order valence-corrected chi connectivity index (χ3v) is 5.62.